The summed E-state index contributed by atoms with van der Waals surface area (Å²) < 4.78 is 11.4. The number of carbonyl (C=O) groups excluding carboxylic acids is 2. The van der Waals surface area contributed by atoms with Gasteiger partial charge in [0.05, 0.1) is 30.8 Å². The number of nitrogens with zero attached hydrogens (tertiary/aromatic N) is 3. The molecule has 0 unspecified atom stereocenters. The lowest BCUT2D eigenvalue weighted by Crippen LogP contribution is -2.38. The molecule has 2 N–H and O–H groups in total. The predicted molar refractivity (Wildman–Crippen MR) is 157 cm³/mol. The Morgan fingerprint density at radius 1 is 0.927 bits per heavy atom. The Hall–Kier alpha value is -4.21. The Morgan fingerprint density at radius 2 is 1.68 bits per heavy atom. The van der Waals surface area contributed by atoms with Crippen LogP contribution >= 0.6 is 0 Å². The Balaban J connectivity index is 1.09. The van der Waals surface area contributed by atoms with E-state index in [9.17, 15) is 9.59 Å². The van der Waals surface area contributed by atoms with Crippen molar-refractivity contribution in [3.8, 4) is 16.9 Å². The van der Waals surface area contributed by atoms with Gasteiger partial charge >= 0.3 is 0 Å². The Kier molecular flexibility index (Phi) is 7.98. The van der Waals surface area contributed by atoms with Crippen LogP contribution in [0.5, 0.6) is 5.75 Å². The normalized spacial score (nSPS) is 15.7. The molecule has 2 amide bonds. The van der Waals surface area contributed by atoms with Crippen molar-refractivity contribution in [3.63, 3.8) is 0 Å². The first-order valence-electron chi connectivity index (χ1n) is 14.2. The zero-order valence-electron chi connectivity index (χ0n) is 23.3. The number of amides is 2. The lowest BCUT2D eigenvalue weighted by molar-refractivity contribution is 0.0374. The summed E-state index contributed by atoms with van der Waals surface area (Å²) in [6.07, 6.45) is 0.889. The van der Waals surface area contributed by atoms with E-state index in [1.807, 2.05) is 25.1 Å². The van der Waals surface area contributed by atoms with Crippen molar-refractivity contribution < 1.29 is 19.1 Å². The first-order valence-corrected chi connectivity index (χ1v) is 14.2. The van der Waals surface area contributed by atoms with E-state index in [1.54, 1.807) is 29.2 Å². The number of carbonyl (C=O) groups is 2. The molecule has 3 aromatic carbocycles. The van der Waals surface area contributed by atoms with Crippen molar-refractivity contribution in [1.82, 2.24) is 25.1 Å². The molecule has 0 radical (unpaired) electrons. The minimum absolute atomic E-state index is 0.0846. The molecule has 1 aromatic heterocycles. The Labute approximate surface area is 239 Å². The van der Waals surface area contributed by atoms with Crippen LogP contribution in [0.3, 0.4) is 0 Å². The van der Waals surface area contributed by atoms with Gasteiger partial charge in [-0.25, -0.2) is 4.98 Å². The van der Waals surface area contributed by atoms with E-state index < -0.39 is 0 Å². The average molecular weight is 554 g/mol. The quantitative estimate of drug-likeness (QED) is 0.336. The molecular formula is C32H35N5O4. The van der Waals surface area contributed by atoms with Gasteiger partial charge in [0.25, 0.3) is 11.8 Å². The number of fused-ring (bicyclic) bond motifs is 2. The predicted octanol–water partition coefficient (Wildman–Crippen LogP) is 4.03. The molecule has 0 aliphatic carbocycles. The van der Waals surface area contributed by atoms with Gasteiger partial charge in [0.2, 0.25) is 0 Å². The average Bonchev–Trinajstić information content (AvgIpc) is 3.25. The zero-order chi connectivity index (χ0) is 28.2. The molecule has 2 aliphatic heterocycles. The zero-order valence-corrected chi connectivity index (χ0v) is 23.3. The smallest absolute Gasteiger partial charge is 0.254 e. The second-order valence-corrected chi connectivity index (χ2v) is 10.6. The Morgan fingerprint density at radius 3 is 2.51 bits per heavy atom. The number of morpholine rings is 1. The van der Waals surface area contributed by atoms with Crippen molar-refractivity contribution in [2.24, 2.45) is 0 Å². The fourth-order valence-electron chi connectivity index (χ4n) is 5.44. The van der Waals surface area contributed by atoms with E-state index in [4.69, 9.17) is 9.47 Å². The standard InChI is InChI=1S/C32H35N5O4/c1-22-34-28-9-7-26(20-29(28)35-22)25-8-10-30-27(19-25)21-37(15-18-41-30)32(39)24-5-3-23(4-6-24)31(38)33-11-2-12-36-13-16-40-17-14-36/h3-10,19-20H,2,11-18,21H2,1H3,(H,33,38)(H,34,35). The van der Waals surface area contributed by atoms with E-state index in [-0.39, 0.29) is 11.8 Å². The number of H-pyrrole nitrogens is 1. The molecule has 6 rings (SSSR count). The molecule has 0 saturated carbocycles. The third-order valence-electron chi connectivity index (χ3n) is 7.70. The van der Waals surface area contributed by atoms with Crippen LogP contribution in [0.4, 0.5) is 0 Å². The summed E-state index contributed by atoms with van der Waals surface area (Å²) in [5, 5.41) is 2.99. The number of rotatable bonds is 7. The number of imidazole rings is 1. The molecule has 2 aliphatic rings. The fraction of sp³-hybridized carbons (Fsp3) is 0.344. The van der Waals surface area contributed by atoms with Crippen molar-refractivity contribution in [1.29, 1.82) is 0 Å². The highest BCUT2D eigenvalue weighted by atomic mass is 16.5. The van der Waals surface area contributed by atoms with Crippen LogP contribution in [-0.2, 0) is 11.3 Å². The van der Waals surface area contributed by atoms with Gasteiger partial charge in [0.1, 0.15) is 18.2 Å². The fourth-order valence-corrected chi connectivity index (χ4v) is 5.44. The Bertz CT molecular complexity index is 1540. The number of hydrogen-bond donors (Lipinski definition) is 2. The summed E-state index contributed by atoms with van der Waals surface area (Å²) in [4.78, 5) is 38.0. The molecule has 3 heterocycles. The SMILES string of the molecule is Cc1nc2ccc(-c3ccc4c(c3)CN(C(=O)c3ccc(C(=O)NCCCN5CCOCC5)cc3)CCO4)cc2[nH]1. The van der Waals surface area contributed by atoms with Crippen LogP contribution in [0.15, 0.2) is 60.7 Å². The number of nitrogens with one attached hydrogen (secondary N) is 2. The number of ether oxygens (including phenoxy) is 2. The van der Waals surface area contributed by atoms with Crippen molar-refractivity contribution in [2.75, 3.05) is 52.5 Å². The lowest BCUT2D eigenvalue weighted by Gasteiger charge is -2.26. The summed E-state index contributed by atoms with van der Waals surface area (Å²) in [7, 11) is 0. The number of hydrogen-bond acceptors (Lipinski definition) is 6. The molecule has 9 nitrogen and oxygen atoms in total. The molecule has 212 valence electrons. The number of aromatic nitrogens is 2. The van der Waals surface area contributed by atoms with E-state index >= 15 is 0 Å². The maximum atomic E-state index is 13.5. The van der Waals surface area contributed by atoms with E-state index in [1.165, 1.54) is 0 Å². The van der Waals surface area contributed by atoms with Crippen LogP contribution in [0.2, 0.25) is 0 Å². The summed E-state index contributed by atoms with van der Waals surface area (Å²) in [6, 6.07) is 19.2. The van der Waals surface area contributed by atoms with Crippen LogP contribution in [-0.4, -0.2) is 84.1 Å². The largest absolute Gasteiger partial charge is 0.491 e. The van der Waals surface area contributed by atoms with Crippen LogP contribution in [0.25, 0.3) is 22.2 Å². The second-order valence-electron chi connectivity index (χ2n) is 10.6. The van der Waals surface area contributed by atoms with Crippen LogP contribution in [0.1, 0.15) is 38.5 Å². The minimum Gasteiger partial charge on any atom is -0.491 e. The number of aromatic amines is 1. The molecule has 0 atom stereocenters. The van der Waals surface area contributed by atoms with Gasteiger partial charge in [-0.05, 0) is 79.5 Å². The maximum Gasteiger partial charge on any atom is 0.254 e. The summed E-state index contributed by atoms with van der Waals surface area (Å²) >= 11 is 0. The first-order chi connectivity index (χ1) is 20.0. The van der Waals surface area contributed by atoms with Gasteiger partial charge in [-0.3, -0.25) is 14.5 Å². The van der Waals surface area contributed by atoms with E-state index in [0.29, 0.717) is 37.4 Å². The van der Waals surface area contributed by atoms with Gasteiger partial charge in [-0.1, -0.05) is 12.1 Å². The van der Waals surface area contributed by atoms with Gasteiger partial charge < -0.3 is 24.7 Å². The lowest BCUT2D eigenvalue weighted by atomic mass is 10.0. The number of aryl methyl sites for hydroxylation is 1. The molecule has 9 heteroatoms. The molecule has 4 aromatic rings. The minimum atomic E-state index is -0.126. The van der Waals surface area contributed by atoms with Crippen LogP contribution in [0, 0.1) is 6.92 Å². The monoisotopic (exact) mass is 553 g/mol. The topological polar surface area (TPSA) is 99.8 Å². The van der Waals surface area contributed by atoms with Crippen molar-refractivity contribution in [3.05, 3.63) is 83.2 Å². The third-order valence-corrected chi connectivity index (χ3v) is 7.70. The number of benzene rings is 3. The summed E-state index contributed by atoms with van der Waals surface area (Å²) in [6.45, 7) is 8.29. The van der Waals surface area contributed by atoms with Gasteiger partial charge in [-0.2, -0.15) is 0 Å². The maximum absolute atomic E-state index is 13.5. The summed E-state index contributed by atoms with van der Waals surface area (Å²) in [5.74, 6) is 1.47. The van der Waals surface area contributed by atoms with Gasteiger partial charge in [0, 0.05) is 42.9 Å². The van der Waals surface area contributed by atoms with Gasteiger partial charge in [0.15, 0.2) is 0 Å². The van der Waals surface area contributed by atoms with Crippen molar-refractivity contribution >= 4 is 22.8 Å². The second kappa shape index (κ2) is 12.1. The first kappa shape index (κ1) is 27.0. The van der Waals surface area contributed by atoms with Crippen molar-refractivity contribution in [2.45, 2.75) is 19.9 Å². The van der Waals surface area contributed by atoms with Gasteiger partial charge in [-0.15, -0.1) is 0 Å². The molecule has 41 heavy (non-hydrogen) atoms. The molecule has 0 bridgehead atoms. The highest BCUT2D eigenvalue weighted by Gasteiger charge is 2.22. The van der Waals surface area contributed by atoms with E-state index in [2.05, 4.69) is 38.4 Å². The highest BCUT2D eigenvalue weighted by molar-refractivity contribution is 5.98. The molecule has 1 fully saturated rings. The van der Waals surface area contributed by atoms with E-state index in [0.717, 1.165) is 78.6 Å². The molecule has 1 saturated heterocycles. The molecule has 0 spiro atoms. The third kappa shape index (κ3) is 6.26. The molecular weight excluding hydrogens is 518 g/mol. The highest BCUT2D eigenvalue weighted by Crippen LogP contribution is 2.31. The van der Waals surface area contributed by atoms with Crippen LogP contribution < -0.4 is 10.1 Å². The summed E-state index contributed by atoms with van der Waals surface area (Å²) in [5.41, 5.74) is 6.11.